The summed E-state index contributed by atoms with van der Waals surface area (Å²) >= 11 is 0. The number of carbonyl (C=O) groups excluding carboxylic acids is 1. The number of hydrogen-bond donors (Lipinski definition) is 2. The summed E-state index contributed by atoms with van der Waals surface area (Å²) in [6.45, 7) is 1.73. The maximum absolute atomic E-state index is 13.5. The van der Waals surface area contributed by atoms with Crippen LogP contribution in [0.15, 0.2) is 35.1 Å². The van der Waals surface area contributed by atoms with Gasteiger partial charge in [-0.1, -0.05) is 6.07 Å². The molecule has 1 aromatic carbocycles. The highest BCUT2D eigenvalue weighted by Gasteiger charge is 2.12. The Morgan fingerprint density at radius 2 is 2.11 bits per heavy atom. The van der Waals surface area contributed by atoms with E-state index >= 15 is 0 Å². The van der Waals surface area contributed by atoms with Crippen LogP contribution in [-0.4, -0.2) is 16.1 Å². The first-order valence-electron chi connectivity index (χ1n) is 5.19. The number of aryl methyl sites for hydroxylation is 1. The molecule has 92 valence electrons. The third kappa shape index (κ3) is 2.60. The Morgan fingerprint density at radius 1 is 1.33 bits per heavy atom. The largest absolute Gasteiger partial charge is 0.305 e. The number of carbonyl (C=O) groups is 1. The molecule has 2 N–H and O–H groups in total. The molecule has 0 unspecified atom stereocenters. The van der Waals surface area contributed by atoms with Gasteiger partial charge in [-0.25, -0.2) is 9.49 Å². The second-order valence-electron chi connectivity index (χ2n) is 3.74. The number of rotatable bonds is 2. The van der Waals surface area contributed by atoms with Gasteiger partial charge in [0.2, 0.25) is 0 Å². The van der Waals surface area contributed by atoms with Crippen molar-refractivity contribution in [2.45, 2.75) is 6.92 Å². The number of nitrogens with one attached hydrogen (secondary N) is 2. The molecule has 0 spiro atoms. The Bertz CT molecular complexity index is 632. The van der Waals surface area contributed by atoms with Crippen LogP contribution < -0.4 is 10.9 Å². The highest BCUT2D eigenvalue weighted by molar-refractivity contribution is 6.03. The van der Waals surface area contributed by atoms with Gasteiger partial charge in [0.05, 0.1) is 5.56 Å². The van der Waals surface area contributed by atoms with E-state index in [-0.39, 0.29) is 16.9 Å². The predicted molar refractivity (Wildman–Crippen MR) is 63.9 cm³/mol. The van der Waals surface area contributed by atoms with Gasteiger partial charge in [0, 0.05) is 6.07 Å². The quantitative estimate of drug-likeness (QED) is 0.843. The molecule has 2 rings (SSSR count). The minimum Gasteiger partial charge on any atom is -0.305 e. The van der Waals surface area contributed by atoms with Crippen molar-refractivity contribution >= 4 is 11.7 Å². The van der Waals surface area contributed by atoms with Gasteiger partial charge in [0.15, 0.2) is 5.82 Å². The summed E-state index contributed by atoms with van der Waals surface area (Å²) in [4.78, 5) is 22.5. The number of hydrogen-bond acceptors (Lipinski definition) is 3. The van der Waals surface area contributed by atoms with E-state index < -0.39 is 11.7 Å². The summed E-state index contributed by atoms with van der Waals surface area (Å²) in [5.41, 5.74) is 0.273. The third-order valence-corrected chi connectivity index (χ3v) is 2.29. The Kier molecular flexibility index (Phi) is 3.18. The lowest BCUT2D eigenvalue weighted by Crippen LogP contribution is -2.17. The molecule has 0 bridgehead atoms. The first-order valence-corrected chi connectivity index (χ1v) is 5.19. The fraction of sp³-hybridized carbons (Fsp3) is 0.0833. The van der Waals surface area contributed by atoms with E-state index in [4.69, 9.17) is 0 Å². The van der Waals surface area contributed by atoms with E-state index in [0.717, 1.165) is 5.56 Å². The van der Waals surface area contributed by atoms with E-state index in [0.29, 0.717) is 0 Å². The molecule has 0 aliphatic rings. The van der Waals surface area contributed by atoms with E-state index in [1.54, 1.807) is 13.0 Å². The molecule has 0 aliphatic heterocycles. The molecule has 5 nitrogen and oxygen atoms in total. The molecule has 0 saturated carbocycles. The minimum atomic E-state index is -0.618. The summed E-state index contributed by atoms with van der Waals surface area (Å²) in [6.07, 6.45) is 0. The lowest BCUT2D eigenvalue weighted by molar-refractivity contribution is 0.102. The topological polar surface area (TPSA) is 74.8 Å². The smallest absolute Gasteiger partial charge is 0.264 e. The van der Waals surface area contributed by atoms with Crippen molar-refractivity contribution in [2.24, 2.45) is 0 Å². The van der Waals surface area contributed by atoms with Gasteiger partial charge in [-0.15, -0.1) is 0 Å². The molecule has 0 atom stereocenters. The maximum atomic E-state index is 13.5. The second-order valence-corrected chi connectivity index (χ2v) is 3.74. The molecular weight excluding hydrogens is 237 g/mol. The molecule has 0 saturated heterocycles. The third-order valence-electron chi connectivity index (χ3n) is 2.29. The molecule has 0 aliphatic carbocycles. The molecule has 2 aromatic rings. The Hall–Kier alpha value is -2.50. The average Bonchev–Trinajstić information content (AvgIpc) is 2.32. The van der Waals surface area contributed by atoms with E-state index in [1.165, 1.54) is 24.3 Å². The van der Waals surface area contributed by atoms with Crippen LogP contribution in [0.1, 0.15) is 15.9 Å². The Balaban J connectivity index is 2.22. The molecule has 6 heteroatoms. The summed E-state index contributed by atoms with van der Waals surface area (Å²) in [6, 6.07) is 6.86. The molecule has 18 heavy (non-hydrogen) atoms. The number of benzene rings is 1. The summed E-state index contributed by atoms with van der Waals surface area (Å²) < 4.78 is 13.5. The predicted octanol–water partition coefficient (Wildman–Crippen LogP) is 1.47. The molecule has 1 aromatic heterocycles. The van der Waals surface area contributed by atoms with Gasteiger partial charge in [-0.05, 0) is 30.7 Å². The Labute approximate surface area is 102 Å². The van der Waals surface area contributed by atoms with Crippen molar-refractivity contribution in [2.75, 3.05) is 5.32 Å². The lowest BCUT2D eigenvalue weighted by Gasteiger charge is -2.05. The van der Waals surface area contributed by atoms with Crippen molar-refractivity contribution in [3.8, 4) is 0 Å². The number of aromatic amines is 1. The van der Waals surface area contributed by atoms with E-state index in [2.05, 4.69) is 15.5 Å². The monoisotopic (exact) mass is 247 g/mol. The normalized spacial score (nSPS) is 10.1. The minimum absolute atomic E-state index is 0.0754. The van der Waals surface area contributed by atoms with Crippen molar-refractivity contribution in [1.29, 1.82) is 0 Å². The van der Waals surface area contributed by atoms with Crippen LogP contribution in [0.2, 0.25) is 0 Å². The van der Waals surface area contributed by atoms with Crippen LogP contribution in [0.5, 0.6) is 0 Å². The highest BCUT2D eigenvalue weighted by atomic mass is 19.1. The first-order chi connectivity index (χ1) is 8.56. The van der Waals surface area contributed by atoms with E-state index in [9.17, 15) is 14.0 Å². The zero-order valence-corrected chi connectivity index (χ0v) is 9.53. The van der Waals surface area contributed by atoms with Crippen molar-refractivity contribution in [1.82, 2.24) is 10.2 Å². The molecule has 1 amide bonds. The number of halogens is 1. The highest BCUT2D eigenvalue weighted by Crippen LogP contribution is 2.11. The van der Waals surface area contributed by atoms with Gasteiger partial charge in [-0.2, -0.15) is 5.10 Å². The van der Waals surface area contributed by atoms with Crippen LogP contribution in [0, 0.1) is 12.7 Å². The summed E-state index contributed by atoms with van der Waals surface area (Å²) in [5, 5.41) is 8.15. The maximum Gasteiger partial charge on any atom is 0.264 e. The first kappa shape index (κ1) is 12.0. The van der Waals surface area contributed by atoms with Crippen LogP contribution in [0.4, 0.5) is 10.2 Å². The van der Waals surface area contributed by atoms with Crippen molar-refractivity contribution in [3.63, 3.8) is 0 Å². The number of anilines is 1. The van der Waals surface area contributed by atoms with Crippen LogP contribution in [-0.2, 0) is 0 Å². The van der Waals surface area contributed by atoms with Gasteiger partial charge in [0.1, 0.15) is 5.82 Å². The fourth-order valence-corrected chi connectivity index (χ4v) is 1.40. The van der Waals surface area contributed by atoms with Gasteiger partial charge >= 0.3 is 0 Å². The lowest BCUT2D eigenvalue weighted by atomic mass is 10.1. The number of aromatic nitrogens is 2. The summed E-state index contributed by atoms with van der Waals surface area (Å²) in [5.74, 6) is -1.07. The second kappa shape index (κ2) is 4.79. The van der Waals surface area contributed by atoms with E-state index in [1.807, 2.05) is 0 Å². The zero-order valence-electron chi connectivity index (χ0n) is 9.53. The standard InChI is InChI=1S/C12H10FN3O2/c1-7-2-3-8(9(13)6-7)12(18)14-10-4-5-11(17)16-15-10/h2-6H,1H3,(H,16,17)(H,14,15,18). The molecule has 1 heterocycles. The van der Waals surface area contributed by atoms with Crippen LogP contribution in [0.3, 0.4) is 0 Å². The van der Waals surface area contributed by atoms with Crippen LogP contribution >= 0.6 is 0 Å². The Morgan fingerprint density at radius 3 is 2.72 bits per heavy atom. The van der Waals surface area contributed by atoms with Gasteiger partial charge < -0.3 is 5.32 Å². The SMILES string of the molecule is Cc1ccc(C(=O)Nc2ccc(=O)[nH]n2)c(F)c1. The molecular formula is C12H10FN3O2. The zero-order chi connectivity index (χ0) is 13.1. The number of amides is 1. The number of nitrogens with zero attached hydrogens (tertiary/aromatic N) is 1. The van der Waals surface area contributed by atoms with Gasteiger partial charge in [-0.3, -0.25) is 9.59 Å². The van der Waals surface area contributed by atoms with Crippen LogP contribution in [0.25, 0.3) is 0 Å². The van der Waals surface area contributed by atoms with Crippen molar-refractivity contribution < 1.29 is 9.18 Å². The molecule has 0 fully saturated rings. The molecule has 0 radical (unpaired) electrons. The summed E-state index contributed by atoms with van der Waals surface area (Å²) in [7, 11) is 0. The van der Waals surface area contributed by atoms with Crippen molar-refractivity contribution in [3.05, 3.63) is 57.6 Å². The average molecular weight is 247 g/mol. The fourth-order valence-electron chi connectivity index (χ4n) is 1.40. The van der Waals surface area contributed by atoms with Gasteiger partial charge in [0.25, 0.3) is 11.5 Å². The number of H-pyrrole nitrogens is 1.